The maximum Gasteiger partial charge on any atom is 0.265 e. The predicted molar refractivity (Wildman–Crippen MR) is 73.9 cm³/mol. The number of aromatic nitrogens is 1. The van der Waals surface area contributed by atoms with E-state index in [2.05, 4.69) is 15.6 Å². The summed E-state index contributed by atoms with van der Waals surface area (Å²) in [6.07, 6.45) is 0. The third kappa shape index (κ3) is 3.58. The Morgan fingerprint density at radius 2 is 2.22 bits per heavy atom. The molecule has 1 heterocycles. The Balaban J connectivity index is 2.77. The topological polar surface area (TPSA) is 100 Å². The van der Waals surface area contributed by atoms with Crippen molar-refractivity contribution in [3.8, 4) is 0 Å². The van der Waals surface area contributed by atoms with Crippen LogP contribution in [0.15, 0.2) is 0 Å². The molecule has 0 fully saturated rings. The predicted octanol–water partition coefficient (Wildman–Crippen LogP) is 0.904. The summed E-state index contributed by atoms with van der Waals surface area (Å²) in [5.41, 5.74) is 5.70. The van der Waals surface area contributed by atoms with Crippen LogP contribution in [0.2, 0.25) is 0 Å². The number of carbonyl (C=O) groups excluding carboxylic acids is 1. The summed E-state index contributed by atoms with van der Waals surface area (Å²) in [6.45, 7) is 6.43. The molecule has 0 aromatic carbocycles. The molecule has 18 heavy (non-hydrogen) atoms. The van der Waals surface area contributed by atoms with Crippen molar-refractivity contribution >= 4 is 28.2 Å². The van der Waals surface area contributed by atoms with E-state index >= 15 is 0 Å². The van der Waals surface area contributed by atoms with Crippen molar-refractivity contribution in [1.82, 2.24) is 10.3 Å². The van der Waals surface area contributed by atoms with Crippen LogP contribution in [0.5, 0.6) is 0 Å². The van der Waals surface area contributed by atoms with Crippen molar-refractivity contribution in [1.29, 1.82) is 0 Å². The van der Waals surface area contributed by atoms with Crippen LogP contribution in [0.3, 0.4) is 0 Å². The van der Waals surface area contributed by atoms with Gasteiger partial charge in [0.05, 0.1) is 12.6 Å². The zero-order valence-electron chi connectivity index (χ0n) is 10.9. The molecule has 7 heteroatoms. The molecule has 1 aromatic rings. The van der Waals surface area contributed by atoms with Gasteiger partial charge < -0.3 is 21.5 Å². The van der Waals surface area contributed by atoms with E-state index in [1.807, 2.05) is 20.8 Å². The van der Waals surface area contributed by atoms with Gasteiger partial charge in [-0.1, -0.05) is 25.2 Å². The zero-order valence-corrected chi connectivity index (χ0v) is 11.7. The summed E-state index contributed by atoms with van der Waals surface area (Å²) < 4.78 is 0. The fraction of sp³-hybridized carbons (Fsp3) is 0.636. The normalized spacial score (nSPS) is 12.5. The minimum absolute atomic E-state index is 0.0951. The number of amides is 1. The monoisotopic (exact) mass is 272 g/mol. The van der Waals surface area contributed by atoms with Gasteiger partial charge in [0.1, 0.15) is 10.7 Å². The standard InChI is InChI=1S/C11H20N4O2S/c1-4-13-11-15-9(12)8(18-11)10(17)14-7(5-16)6(2)3/h6-7,16H,4-5,12H2,1-3H3,(H,13,15)(H,14,17). The maximum absolute atomic E-state index is 12.0. The first kappa shape index (κ1) is 14.7. The van der Waals surface area contributed by atoms with Gasteiger partial charge in [0.2, 0.25) is 0 Å². The minimum Gasteiger partial charge on any atom is -0.394 e. The van der Waals surface area contributed by atoms with E-state index in [1.54, 1.807) is 0 Å². The molecule has 0 aliphatic rings. The Morgan fingerprint density at radius 1 is 1.56 bits per heavy atom. The first-order valence-electron chi connectivity index (χ1n) is 5.91. The number of nitrogens with two attached hydrogens (primary N) is 1. The summed E-state index contributed by atoms with van der Waals surface area (Å²) in [7, 11) is 0. The summed E-state index contributed by atoms with van der Waals surface area (Å²) in [4.78, 5) is 16.4. The quantitative estimate of drug-likeness (QED) is 0.616. The van der Waals surface area contributed by atoms with Crippen LogP contribution >= 0.6 is 11.3 Å². The Morgan fingerprint density at radius 3 is 2.72 bits per heavy atom. The van der Waals surface area contributed by atoms with Crippen LogP contribution in [0, 0.1) is 5.92 Å². The van der Waals surface area contributed by atoms with Gasteiger partial charge in [-0.05, 0) is 12.8 Å². The molecule has 0 bridgehead atoms. The Labute approximate surface area is 111 Å². The lowest BCUT2D eigenvalue weighted by atomic mass is 10.1. The van der Waals surface area contributed by atoms with Crippen LogP contribution < -0.4 is 16.4 Å². The number of hydrogen-bond acceptors (Lipinski definition) is 6. The van der Waals surface area contributed by atoms with E-state index in [0.717, 1.165) is 6.54 Å². The van der Waals surface area contributed by atoms with Gasteiger partial charge in [0, 0.05) is 6.54 Å². The average Bonchev–Trinajstić information content (AvgIpc) is 2.67. The van der Waals surface area contributed by atoms with E-state index in [0.29, 0.717) is 10.0 Å². The number of rotatable bonds is 6. The van der Waals surface area contributed by atoms with Crippen molar-refractivity contribution in [3.05, 3.63) is 4.88 Å². The molecule has 0 saturated carbocycles. The molecule has 1 rings (SSSR count). The third-order valence-electron chi connectivity index (χ3n) is 2.51. The molecule has 6 nitrogen and oxygen atoms in total. The highest BCUT2D eigenvalue weighted by molar-refractivity contribution is 7.18. The number of hydrogen-bond donors (Lipinski definition) is 4. The lowest BCUT2D eigenvalue weighted by molar-refractivity contribution is 0.0901. The van der Waals surface area contributed by atoms with E-state index in [1.165, 1.54) is 11.3 Å². The molecule has 0 aliphatic heterocycles. The summed E-state index contributed by atoms with van der Waals surface area (Å²) in [5.74, 6) is 0.0807. The van der Waals surface area contributed by atoms with E-state index in [-0.39, 0.29) is 30.3 Å². The smallest absolute Gasteiger partial charge is 0.265 e. The molecule has 0 saturated heterocycles. The van der Waals surface area contributed by atoms with Gasteiger partial charge in [-0.2, -0.15) is 0 Å². The first-order chi connectivity index (χ1) is 8.49. The maximum atomic E-state index is 12.0. The largest absolute Gasteiger partial charge is 0.394 e. The second kappa shape index (κ2) is 6.55. The molecule has 0 aliphatic carbocycles. The first-order valence-corrected chi connectivity index (χ1v) is 6.73. The fourth-order valence-electron chi connectivity index (χ4n) is 1.38. The molecule has 1 atom stereocenters. The average molecular weight is 272 g/mol. The Kier molecular flexibility index (Phi) is 5.36. The van der Waals surface area contributed by atoms with Crippen LogP contribution in [0.25, 0.3) is 0 Å². The summed E-state index contributed by atoms with van der Waals surface area (Å²) in [5, 5.41) is 15.6. The van der Waals surface area contributed by atoms with Gasteiger partial charge in [-0.3, -0.25) is 4.79 Å². The van der Waals surface area contributed by atoms with Crippen LogP contribution in [0.1, 0.15) is 30.4 Å². The van der Waals surface area contributed by atoms with Crippen molar-refractivity contribution < 1.29 is 9.90 Å². The molecule has 1 aromatic heterocycles. The molecule has 102 valence electrons. The lowest BCUT2D eigenvalue weighted by Crippen LogP contribution is -2.41. The van der Waals surface area contributed by atoms with E-state index in [4.69, 9.17) is 5.73 Å². The van der Waals surface area contributed by atoms with E-state index in [9.17, 15) is 9.90 Å². The Hall–Kier alpha value is -1.34. The summed E-state index contributed by atoms with van der Waals surface area (Å²) >= 11 is 1.22. The number of anilines is 2. The number of carbonyl (C=O) groups is 1. The fourth-order valence-corrected chi connectivity index (χ4v) is 2.23. The Bertz CT molecular complexity index is 406. The molecular formula is C11H20N4O2S. The molecular weight excluding hydrogens is 252 g/mol. The van der Waals surface area contributed by atoms with Crippen molar-refractivity contribution in [2.24, 2.45) is 5.92 Å². The number of nitrogens with zero attached hydrogens (tertiary/aromatic N) is 1. The number of thiazole rings is 1. The van der Waals surface area contributed by atoms with Gasteiger partial charge in [0.15, 0.2) is 5.13 Å². The van der Waals surface area contributed by atoms with Gasteiger partial charge >= 0.3 is 0 Å². The van der Waals surface area contributed by atoms with Crippen molar-refractivity contribution in [3.63, 3.8) is 0 Å². The van der Waals surface area contributed by atoms with Crippen LogP contribution in [0.4, 0.5) is 10.9 Å². The number of nitrogens with one attached hydrogen (secondary N) is 2. The molecule has 5 N–H and O–H groups in total. The van der Waals surface area contributed by atoms with Crippen LogP contribution in [-0.4, -0.2) is 35.2 Å². The van der Waals surface area contributed by atoms with Crippen LogP contribution in [-0.2, 0) is 0 Å². The highest BCUT2D eigenvalue weighted by Gasteiger charge is 2.20. The highest BCUT2D eigenvalue weighted by Crippen LogP contribution is 2.24. The summed E-state index contributed by atoms with van der Waals surface area (Å²) in [6, 6.07) is -0.276. The molecule has 0 radical (unpaired) electrons. The second-order valence-corrected chi connectivity index (χ2v) is 5.27. The SMILES string of the molecule is CCNc1nc(N)c(C(=O)NC(CO)C(C)C)s1. The van der Waals surface area contributed by atoms with Gasteiger partial charge in [-0.15, -0.1) is 0 Å². The highest BCUT2D eigenvalue weighted by atomic mass is 32.1. The van der Waals surface area contributed by atoms with Crippen molar-refractivity contribution in [2.45, 2.75) is 26.8 Å². The number of nitrogen functional groups attached to an aromatic ring is 1. The lowest BCUT2D eigenvalue weighted by Gasteiger charge is -2.19. The molecule has 1 unspecified atom stereocenters. The minimum atomic E-state index is -0.290. The van der Waals surface area contributed by atoms with Gasteiger partial charge in [-0.25, -0.2) is 4.98 Å². The molecule has 1 amide bonds. The van der Waals surface area contributed by atoms with Gasteiger partial charge in [0.25, 0.3) is 5.91 Å². The molecule has 0 spiro atoms. The number of aliphatic hydroxyl groups excluding tert-OH is 1. The second-order valence-electron chi connectivity index (χ2n) is 4.27. The number of aliphatic hydroxyl groups is 1. The van der Waals surface area contributed by atoms with E-state index < -0.39 is 0 Å². The third-order valence-corrected chi connectivity index (χ3v) is 3.53. The van der Waals surface area contributed by atoms with Crippen molar-refractivity contribution in [2.75, 3.05) is 24.2 Å². The zero-order chi connectivity index (χ0) is 13.7.